The summed E-state index contributed by atoms with van der Waals surface area (Å²) in [5.41, 5.74) is 1.17. The molecule has 2 amide bonds. The molecule has 1 aromatic carbocycles. The lowest BCUT2D eigenvalue weighted by molar-refractivity contribution is 0.0909. The molecule has 0 unspecified atom stereocenters. The molecule has 3 fully saturated rings. The van der Waals surface area contributed by atoms with E-state index in [4.69, 9.17) is 30.8 Å². The Bertz CT molecular complexity index is 1140. The second kappa shape index (κ2) is 11.0. The minimum absolute atomic E-state index is 0.0202. The van der Waals surface area contributed by atoms with Crippen LogP contribution in [-0.4, -0.2) is 78.6 Å². The third-order valence-corrected chi connectivity index (χ3v) is 7.35. The van der Waals surface area contributed by atoms with Gasteiger partial charge in [-0.3, -0.25) is 4.79 Å². The number of piperidine rings is 2. The van der Waals surface area contributed by atoms with Crippen LogP contribution in [0.5, 0.6) is 11.6 Å². The zero-order valence-corrected chi connectivity index (χ0v) is 21.4. The maximum absolute atomic E-state index is 13.2. The predicted molar refractivity (Wildman–Crippen MR) is 136 cm³/mol. The third-order valence-electron chi connectivity index (χ3n) is 7.10. The van der Waals surface area contributed by atoms with E-state index in [1.54, 1.807) is 23.1 Å². The molecule has 1 aromatic heterocycles. The number of fused-ring (bicyclic) bond motifs is 1. The average molecular weight is 531 g/mol. The number of benzene rings is 1. The van der Waals surface area contributed by atoms with E-state index in [0.29, 0.717) is 75.1 Å². The number of anilines is 1. The van der Waals surface area contributed by atoms with Crippen molar-refractivity contribution in [3.63, 3.8) is 0 Å². The number of nitrogens with zero attached hydrogens (tertiary/aromatic N) is 3. The van der Waals surface area contributed by atoms with Gasteiger partial charge in [-0.1, -0.05) is 23.7 Å². The van der Waals surface area contributed by atoms with Crippen LogP contribution in [0.4, 0.5) is 10.6 Å². The number of cyclic esters (lactones) is 1. The molecule has 37 heavy (non-hydrogen) atoms. The molecule has 198 valence electrons. The molecule has 4 heterocycles. The van der Waals surface area contributed by atoms with Crippen molar-refractivity contribution >= 4 is 29.4 Å². The number of hydrogen-bond donors (Lipinski definition) is 2. The second-order valence-electron chi connectivity index (χ2n) is 9.58. The summed E-state index contributed by atoms with van der Waals surface area (Å²) in [5.74, 6) is 0.928. The monoisotopic (exact) mass is 530 g/mol. The lowest BCUT2D eigenvalue weighted by Gasteiger charge is -2.35. The van der Waals surface area contributed by atoms with E-state index >= 15 is 0 Å². The van der Waals surface area contributed by atoms with E-state index in [0.717, 1.165) is 5.56 Å². The van der Waals surface area contributed by atoms with Gasteiger partial charge in [0.25, 0.3) is 5.91 Å². The number of aliphatic hydroxyl groups excluding tert-OH is 1. The number of pyridine rings is 1. The molecule has 10 nitrogen and oxygen atoms in total. The first-order valence-corrected chi connectivity index (χ1v) is 12.9. The average Bonchev–Trinajstić information content (AvgIpc) is 3.28. The fourth-order valence-electron chi connectivity index (χ4n) is 5.01. The largest absolute Gasteiger partial charge is 0.486 e. The molecule has 5 rings (SSSR count). The highest BCUT2D eigenvalue weighted by molar-refractivity contribution is 6.30. The molecule has 3 aliphatic heterocycles. The molecule has 2 N–H and O–H groups in total. The molecule has 3 saturated heterocycles. The maximum Gasteiger partial charge on any atom is 0.410 e. The normalized spacial score (nSPS) is 21.9. The van der Waals surface area contributed by atoms with Crippen LogP contribution < -0.4 is 19.7 Å². The van der Waals surface area contributed by atoms with Gasteiger partial charge in [-0.2, -0.15) is 4.98 Å². The molecular weight excluding hydrogens is 500 g/mol. The minimum atomic E-state index is -0.343. The molecule has 0 radical (unpaired) electrons. The molecule has 11 heteroatoms. The van der Waals surface area contributed by atoms with Crippen molar-refractivity contribution in [2.24, 2.45) is 0 Å². The van der Waals surface area contributed by atoms with E-state index in [-0.39, 0.29) is 41.7 Å². The number of carbonyl (C=O) groups excluding carboxylic acids is 2. The Morgan fingerprint density at radius 2 is 1.97 bits per heavy atom. The lowest BCUT2D eigenvalue weighted by atomic mass is 10.0. The van der Waals surface area contributed by atoms with Crippen molar-refractivity contribution in [3.05, 3.63) is 46.5 Å². The molecule has 0 saturated carbocycles. The van der Waals surface area contributed by atoms with Crippen LogP contribution in [0.2, 0.25) is 5.02 Å². The predicted octanol–water partition coefficient (Wildman–Crippen LogP) is 3.00. The smallest absolute Gasteiger partial charge is 0.410 e. The number of ether oxygens (including phenoxy) is 3. The van der Waals surface area contributed by atoms with Crippen LogP contribution in [0, 0.1) is 0 Å². The number of methoxy groups -OCH3 is 1. The molecule has 2 atom stereocenters. The number of carbonyl (C=O) groups is 2. The first-order valence-electron chi connectivity index (χ1n) is 12.6. The first kappa shape index (κ1) is 25.4. The van der Waals surface area contributed by atoms with Crippen molar-refractivity contribution in [3.8, 4) is 11.6 Å². The topological polar surface area (TPSA) is 113 Å². The molecule has 0 spiro atoms. The van der Waals surface area contributed by atoms with E-state index in [1.165, 1.54) is 7.11 Å². The minimum Gasteiger partial charge on any atom is -0.486 e. The maximum atomic E-state index is 13.2. The van der Waals surface area contributed by atoms with Gasteiger partial charge >= 0.3 is 6.09 Å². The summed E-state index contributed by atoms with van der Waals surface area (Å²) in [6.45, 7) is 2.44. The molecule has 2 aromatic rings. The molecule has 3 aliphatic rings. The van der Waals surface area contributed by atoms with Gasteiger partial charge in [-0.25, -0.2) is 4.79 Å². The van der Waals surface area contributed by atoms with Crippen LogP contribution in [0.15, 0.2) is 30.3 Å². The van der Waals surface area contributed by atoms with Gasteiger partial charge < -0.3 is 34.4 Å². The third kappa shape index (κ3) is 5.70. The summed E-state index contributed by atoms with van der Waals surface area (Å²) >= 11 is 5.96. The van der Waals surface area contributed by atoms with Gasteiger partial charge in [0.1, 0.15) is 18.3 Å². The highest BCUT2D eigenvalue weighted by Crippen LogP contribution is 2.36. The van der Waals surface area contributed by atoms with Gasteiger partial charge in [-0.05, 0) is 30.5 Å². The quantitative estimate of drug-likeness (QED) is 0.561. The Hall–Kier alpha value is -3.24. The van der Waals surface area contributed by atoms with E-state index in [2.05, 4.69) is 10.2 Å². The second-order valence-corrected chi connectivity index (χ2v) is 10.0. The van der Waals surface area contributed by atoms with Crippen LogP contribution >= 0.6 is 11.6 Å². The summed E-state index contributed by atoms with van der Waals surface area (Å²) in [6, 6.07) is 8.92. The summed E-state index contributed by atoms with van der Waals surface area (Å²) < 4.78 is 17.2. The van der Waals surface area contributed by atoms with Crippen LogP contribution in [0.1, 0.15) is 41.6 Å². The van der Waals surface area contributed by atoms with Crippen LogP contribution in [0.25, 0.3) is 0 Å². The number of nitrogens with one attached hydrogen (secondary N) is 1. The number of hydrogen-bond acceptors (Lipinski definition) is 8. The summed E-state index contributed by atoms with van der Waals surface area (Å²) in [5, 5.41) is 13.5. The van der Waals surface area contributed by atoms with Crippen molar-refractivity contribution < 1.29 is 28.9 Å². The van der Waals surface area contributed by atoms with Gasteiger partial charge in [0, 0.05) is 50.1 Å². The fraction of sp³-hybridized carbons (Fsp3) is 0.500. The van der Waals surface area contributed by atoms with Crippen molar-refractivity contribution in [2.45, 2.75) is 50.5 Å². The Morgan fingerprint density at radius 1 is 1.22 bits per heavy atom. The van der Waals surface area contributed by atoms with Gasteiger partial charge in [0.05, 0.1) is 19.3 Å². The summed E-state index contributed by atoms with van der Waals surface area (Å²) in [4.78, 5) is 33.6. The molecule has 0 bridgehead atoms. The number of halogens is 1. The fourth-order valence-corrected chi connectivity index (χ4v) is 5.13. The van der Waals surface area contributed by atoms with E-state index in [9.17, 15) is 14.7 Å². The van der Waals surface area contributed by atoms with Crippen LogP contribution in [0.3, 0.4) is 0 Å². The zero-order chi connectivity index (χ0) is 25.9. The standard InChI is InChI=1S/C26H31ClN4O6/c1-35-25-21(24(33)28-14-16-2-4-17(27)5-3-16)13-22(23(29-25)30-9-6-19(32)7-10-30)37-20-8-11-31-18(12-20)15-36-26(31)34/h2-5,13,18-20,32H,6-12,14-15H2,1H3,(H,28,33)/t18-,20-/m0/s1. The van der Waals surface area contributed by atoms with E-state index < -0.39 is 0 Å². The van der Waals surface area contributed by atoms with Crippen molar-refractivity contribution in [1.82, 2.24) is 15.2 Å². The van der Waals surface area contributed by atoms with Gasteiger partial charge in [0.2, 0.25) is 5.88 Å². The Kier molecular flexibility index (Phi) is 7.57. The highest BCUT2D eigenvalue weighted by atomic mass is 35.5. The highest BCUT2D eigenvalue weighted by Gasteiger charge is 2.39. The number of rotatable bonds is 7. The van der Waals surface area contributed by atoms with Crippen molar-refractivity contribution in [1.29, 1.82) is 0 Å². The van der Waals surface area contributed by atoms with E-state index in [1.807, 2.05) is 12.1 Å². The van der Waals surface area contributed by atoms with Crippen molar-refractivity contribution in [2.75, 3.05) is 38.3 Å². The Balaban J connectivity index is 1.39. The number of amides is 2. The number of aromatic nitrogens is 1. The first-order chi connectivity index (χ1) is 17.9. The molecule has 0 aliphatic carbocycles. The SMILES string of the molecule is COc1nc(N2CCC(O)CC2)c(O[C@H]2CCN3C(=O)OC[C@@H]3C2)cc1C(=O)NCc1ccc(Cl)cc1. The van der Waals surface area contributed by atoms with Gasteiger partial charge in [-0.15, -0.1) is 0 Å². The Labute approximate surface area is 220 Å². The molecular formula is C26H31ClN4O6. The number of aliphatic hydroxyl groups is 1. The zero-order valence-electron chi connectivity index (χ0n) is 20.7. The summed E-state index contributed by atoms with van der Waals surface area (Å²) in [6.07, 6.45) is 1.73. The Morgan fingerprint density at radius 3 is 2.70 bits per heavy atom. The van der Waals surface area contributed by atoms with Crippen LogP contribution in [-0.2, 0) is 11.3 Å². The lowest BCUT2D eigenvalue weighted by Crippen LogP contribution is -2.44. The van der Waals surface area contributed by atoms with Gasteiger partial charge in [0.15, 0.2) is 11.6 Å². The summed E-state index contributed by atoms with van der Waals surface area (Å²) in [7, 11) is 1.48.